The van der Waals surface area contributed by atoms with Crippen molar-refractivity contribution in [2.75, 3.05) is 20.8 Å². The highest BCUT2D eigenvalue weighted by Gasteiger charge is 2.20. The number of ether oxygens (including phenoxy) is 3. The van der Waals surface area contributed by atoms with Crippen molar-refractivity contribution in [3.63, 3.8) is 0 Å². The Bertz CT molecular complexity index is 404. The van der Waals surface area contributed by atoms with E-state index in [4.69, 9.17) is 14.2 Å². The van der Waals surface area contributed by atoms with Crippen LogP contribution in [0.2, 0.25) is 0 Å². The first-order chi connectivity index (χ1) is 9.22. The van der Waals surface area contributed by atoms with Gasteiger partial charge in [-0.1, -0.05) is 6.07 Å². The number of hydrogen-bond donors (Lipinski definition) is 1. The summed E-state index contributed by atoms with van der Waals surface area (Å²) < 4.78 is 16.3. The Hall–Kier alpha value is -1.26. The first kappa shape index (κ1) is 14.2. The Labute approximate surface area is 115 Å². The first-order valence-electron chi connectivity index (χ1n) is 6.79. The molecular weight excluding hydrogens is 242 g/mol. The summed E-state index contributed by atoms with van der Waals surface area (Å²) in [5.74, 6) is 1.54. The van der Waals surface area contributed by atoms with E-state index in [9.17, 15) is 0 Å². The maximum Gasteiger partial charge on any atom is 0.161 e. The predicted octanol–water partition coefficient (Wildman–Crippen LogP) is 2.36. The van der Waals surface area contributed by atoms with E-state index in [1.54, 1.807) is 14.2 Å². The Kier molecular flexibility index (Phi) is 5.05. The normalized spacial score (nSPS) is 16.2. The van der Waals surface area contributed by atoms with Gasteiger partial charge in [0, 0.05) is 19.7 Å². The highest BCUT2D eigenvalue weighted by Crippen LogP contribution is 2.29. The lowest BCUT2D eigenvalue weighted by Crippen LogP contribution is -2.18. The molecule has 1 aromatic carbocycles. The van der Waals surface area contributed by atoms with Crippen molar-refractivity contribution in [3.8, 4) is 11.5 Å². The fourth-order valence-electron chi connectivity index (χ4n) is 1.95. The number of benzene rings is 1. The van der Waals surface area contributed by atoms with Gasteiger partial charge in [0.15, 0.2) is 11.5 Å². The lowest BCUT2D eigenvalue weighted by molar-refractivity contribution is 0.0899. The van der Waals surface area contributed by atoms with Gasteiger partial charge in [0.2, 0.25) is 0 Å². The van der Waals surface area contributed by atoms with Gasteiger partial charge < -0.3 is 19.5 Å². The summed E-state index contributed by atoms with van der Waals surface area (Å²) in [6.45, 7) is 3.43. The van der Waals surface area contributed by atoms with Gasteiger partial charge in [-0.3, -0.25) is 0 Å². The highest BCUT2D eigenvalue weighted by atomic mass is 16.5. The van der Waals surface area contributed by atoms with Gasteiger partial charge in [-0.2, -0.15) is 0 Å². The van der Waals surface area contributed by atoms with Crippen LogP contribution >= 0.6 is 0 Å². The molecule has 0 heterocycles. The largest absolute Gasteiger partial charge is 0.493 e. The third-order valence-electron chi connectivity index (χ3n) is 3.13. The molecule has 4 heteroatoms. The molecule has 0 radical (unpaired) electrons. The molecule has 2 rings (SSSR count). The zero-order valence-corrected chi connectivity index (χ0v) is 11.9. The number of rotatable bonds is 8. The summed E-state index contributed by atoms with van der Waals surface area (Å²) in [6.07, 6.45) is 2.61. The van der Waals surface area contributed by atoms with Gasteiger partial charge in [0.05, 0.1) is 13.7 Å². The maximum atomic E-state index is 5.80. The molecule has 4 nitrogen and oxygen atoms in total. The van der Waals surface area contributed by atoms with Crippen molar-refractivity contribution in [2.24, 2.45) is 0 Å². The van der Waals surface area contributed by atoms with E-state index in [-0.39, 0.29) is 6.10 Å². The number of nitrogens with one attached hydrogen (secondary N) is 1. The van der Waals surface area contributed by atoms with Crippen LogP contribution in [0, 0.1) is 0 Å². The summed E-state index contributed by atoms with van der Waals surface area (Å²) in [6, 6.07) is 6.79. The van der Waals surface area contributed by atoms with Crippen LogP contribution in [0.5, 0.6) is 11.5 Å². The van der Waals surface area contributed by atoms with E-state index in [2.05, 4.69) is 11.4 Å². The summed E-state index contributed by atoms with van der Waals surface area (Å²) in [5, 5.41) is 3.49. The Morgan fingerprint density at radius 1 is 1.26 bits per heavy atom. The Balaban J connectivity index is 1.97. The minimum Gasteiger partial charge on any atom is -0.493 e. The molecule has 0 amide bonds. The second-order valence-electron chi connectivity index (χ2n) is 5.02. The smallest absolute Gasteiger partial charge is 0.161 e. The van der Waals surface area contributed by atoms with Crippen molar-refractivity contribution in [1.82, 2.24) is 5.32 Å². The summed E-state index contributed by atoms with van der Waals surface area (Å²) in [5.41, 5.74) is 1.22. The average Bonchev–Trinajstić information content (AvgIpc) is 3.22. The zero-order chi connectivity index (χ0) is 13.7. The van der Waals surface area contributed by atoms with E-state index in [0.29, 0.717) is 12.6 Å². The molecular formula is C15H23NO3. The van der Waals surface area contributed by atoms with E-state index in [1.807, 2.05) is 19.1 Å². The molecule has 1 aromatic rings. The topological polar surface area (TPSA) is 39.7 Å². The number of hydrogen-bond acceptors (Lipinski definition) is 4. The molecule has 1 atom stereocenters. The van der Waals surface area contributed by atoms with Crippen molar-refractivity contribution < 1.29 is 14.2 Å². The molecule has 1 unspecified atom stereocenters. The van der Waals surface area contributed by atoms with Crippen LogP contribution in [0.3, 0.4) is 0 Å². The molecule has 0 aliphatic heterocycles. The van der Waals surface area contributed by atoms with Gasteiger partial charge >= 0.3 is 0 Å². The first-order valence-corrected chi connectivity index (χ1v) is 6.79. The highest BCUT2D eigenvalue weighted by molar-refractivity contribution is 5.43. The lowest BCUT2D eigenvalue weighted by atomic mass is 10.2. The monoisotopic (exact) mass is 265 g/mol. The van der Waals surface area contributed by atoms with E-state index in [1.165, 1.54) is 18.4 Å². The molecule has 1 N–H and O–H groups in total. The fraction of sp³-hybridized carbons (Fsp3) is 0.600. The van der Waals surface area contributed by atoms with Crippen molar-refractivity contribution >= 4 is 0 Å². The molecule has 0 bridgehead atoms. The zero-order valence-electron chi connectivity index (χ0n) is 11.9. The molecule has 19 heavy (non-hydrogen) atoms. The van der Waals surface area contributed by atoms with Crippen LogP contribution in [0.25, 0.3) is 0 Å². The molecule has 106 valence electrons. The maximum absolute atomic E-state index is 5.80. The van der Waals surface area contributed by atoms with Crippen molar-refractivity contribution in [2.45, 2.75) is 38.5 Å². The second kappa shape index (κ2) is 6.78. The fourth-order valence-corrected chi connectivity index (χ4v) is 1.95. The Morgan fingerprint density at radius 3 is 2.68 bits per heavy atom. The van der Waals surface area contributed by atoms with Crippen LogP contribution < -0.4 is 14.8 Å². The average molecular weight is 265 g/mol. The van der Waals surface area contributed by atoms with Crippen LogP contribution in [0.1, 0.15) is 25.3 Å². The third kappa shape index (κ3) is 4.40. The predicted molar refractivity (Wildman–Crippen MR) is 74.8 cm³/mol. The quantitative estimate of drug-likeness (QED) is 0.783. The van der Waals surface area contributed by atoms with Crippen molar-refractivity contribution in [3.05, 3.63) is 23.8 Å². The second-order valence-corrected chi connectivity index (χ2v) is 5.02. The molecule has 1 saturated carbocycles. The molecule has 0 aromatic heterocycles. The molecule has 1 aliphatic carbocycles. The van der Waals surface area contributed by atoms with Gasteiger partial charge in [0.25, 0.3) is 0 Å². The minimum atomic E-state index is 0.00865. The van der Waals surface area contributed by atoms with Crippen LogP contribution in [0.15, 0.2) is 18.2 Å². The lowest BCUT2D eigenvalue weighted by Gasteiger charge is -2.17. The van der Waals surface area contributed by atoms with Gasteiger partial charge in [0.1, 0.15) is 6.10 Å². The van der Waals surface area contributed by atoms with Gasteiger partial charge in [-0.15, -0.1) is 0 Å². The van der Waals surface area contributed by atoms with Crippen LogP contribution in [-0.4, -0.2) is 33.0 Å². The van der Waals surface area contributed by atoms with E-state index >= 15 is 0 Å². The molecule has 1 fully saturated rings. The van der Waals surface area contributed by atoms with E-state index in [0.717, 1.165) is 18.0 Å². The van der Waals surface area contributed by atoms with E-state index < -0.39 is 0 Å². The van der Waals surface area contributed by atoms with Gasteiger partial charge in [-0.05, 0) is 37.5 Å². The SMILES string of the molecule is COCC(C)Oc1ccc(CNC2CC2)cc1OC. The summed E-state index contributed by atoms with van der Waals surface area (Å²) >= 11 is 0. The third-order valence-corrected chi connectivity index (χ3v) is 3.13. The van der Waals surface area contributed by atoms with Gasteiger partial charge in [-0.25, -0.2) is 0 Å². The minimum absolute atomic E-state index is 0.00865. The van der Waals surface area contributed by atoms with Crippen LogP contribution in [-0.2, 0) is 11.3 Å². The molecule has 0 spiro atoms. The number of methoxy groups -OCH3 is 2. The summed E-state index contributed by atoms with van der Waals surface area (Å²) in [4.78, 5) is 0. The van der Waals surface area contributed by atoms with Crippen molar-refractivity contribution in [1.29, 1.82) is 0 Å². The molecule has 1 aliphatic rings. The summed E-state index contributed by atoms with van der Waals surface area (Å²) in [7, 11) is 3.34. The Morgan fingerprint density at radius 2 is 2.05 bits per heavy atom. The van der Waals surface area contributed by atoms with Crippen LogP contribution in [0.4, 0.5) is 0 Å². The standard InChI is InChI=1S/C15H23NO3/c1-11(10-17-2)19-14-7-4-12(8-15(14)18-3)9-16-13-5-6-13/h4,7-8,11,13,16H,5-6,9-10H2,1-3H3. The molecule has 0 saturated heterocycles.